The lowest BCUT2D eigenvalue weighted by Gasteiger charge is -2.18. The van der Waals surface area contributed by atoms with Crippen LogP contribution in [0.4, 0.5) is 0 Å². The summed E-state index contributed by atoms with van der Waals surface area (Å²) >= 11 is 2.27. The number of hydrogen-bond acceptors (Lipinski definition) is 2. The molecule has 72 valence electrons. The number of hydrogen-bond donors (Lipinski definition) is 2. The molecule has 13 heavy (non-hydrogen) atoms. The van der Waals surface area contributed by atoms with Gasteiger partial charge in [-0.05, 0) is 53.6 Å². The molecule has 3 N–H and O–H groups in total. The van der Waals surface area contributed by atoms with Crippen LogP contribution >= 0.6 is 22.6 Å². The van der Waals surface area contributed by atoms with Gasteiger partial charge in [-0.3, -0.25) is 0 Å². The molecule has 2 nitrogen and oxygen atoms in total. The molecule has 1 aromatic carbocycles. The lowest BCUT2D eigenvalue weighted by atomic mass is 9.99. The van der Waals surface area contributed by atoms with Crippen LogP contribution in [0.25, 0.3) is 0 Å². The number of halogens is 1. The fourth-order valence-corrected chi connectivity index (χ4v) is 1.76. The second kappa shape index (κ2) is 4.39. The topological polar surface area (TPSA) is 46.2 Å². The Bertz CT molecular complexity index is 299. The molecule has 0 aliphatic heterocycles. The van der Waals surface area contributed by atoms with Crippen molar-refractivity contribution < 1.29 is 5.11 Å². The first-order valence-electron chi connectivity index (χ1n) is 4.22. The molecular formula is C10H14INO. The Kier molecular flexibility index (Phi) is 3.70. The third-order valence-electron chi connectivity index (χ3n) is 2.19. The van der Waals surface area contributed by atoms with Crippen LogP contribution in [0.2, 0.25) is 0 Å². The highest BCUT2D eigenvalue weighted by Crippen LogP contribution is 2.22. The van der Waals surface area contributed by atoms with Crippen molar-refractivity contribution in [3.05, 3.63) is 32.9 Å². The summed E-state index contributed by atoms with van der Waals surface area (Å²) in [6.45, 7) is 3.74. The smallest absolute Gasteiger partial charge is 0.0704 e. The van der Waals surface area contributed by atoms with Crippen LogP contribution in [0.5, 0.6) is 0 Å². The summed E-state index contributed by atoms with van der Waals surface area (Å²) in [7, 11) is 0. The van der Waals surface area contributed by atoms with E-state index >= 15 is 0 Å². The minimum atomic E-state index is -0.503. The average Bonchev–Trinajstić information content (AvgIpc) is 2.08. The highest BCUT2D eigenvalue weighted by atomic mass is 127. The Morgan fingerprint density at radius 2 is 2.08 bits per heavy atom. The van der Waals surface area contributed by atoms with Gasteiger partial charge in [-0.15, -0.1) is 0 Å². The molecule has 0 aliphatic carbocycles. The zero-order valence-electron chi connectivity index (χ0n) is 7.79. The largest absolute Gasteiger partial charge is 0.391 e. The molecule has 1 aromatic rings. The Morgan fingerprint density at radius 1 is 1.46 bits per heavy atom. The van der Waals surface area contributed by atoms with Crippen molar-refractivity contribution >= 4 is 22.6 Å². The Morgan fingerprint density at radius 3 is 2.62 bits per heavy atom. The summed E-state index contributed by atoms with van der Waals surface area (Å²) in [5, 5.41) is 9.36. The van der Waals surface area contributed by atoms with Crippen LogP contribution in [-0.4, -0.2) is 11.2 Å². The van der Waals surface area contributed by atoms with E-state index in [2.05, 4.69) is 22.6 Å². The number of nitrogens with two attached hydrogens (primary N) is 1. The molecule has 3 heteroatoms. The van der Waals surface area contributed by atoms with Gasteiger partial charge in [-0.1, -0.05) is 12.1 Å². The van der Waals surface area contributed by atoms with Gasteiger partial charge in [-0.25, -0.2) is 0 Å². The first-order valence-corrected chi connectivity index (χ1v) is 5.30. The van der Waals surface area contributed by atoms with Crippen LogP contribution in [-0.2, 0) is 0 Å². The summed E-state index contributed by atoms with van der Waals surface area (Å²) in [6.07, 6.45) is -0.503. The fourth-order valence-electron chi connectivity index (χ4n) is 1.25. The minimum absolute atomic E-state index is 0.283. The minimum Gasteiger partial charge on any atom is -0.391 e. The maximum atomic E-state index is 9.36. The number of rotatable bonds is 2. The van der Waals surface area contributed by atoms with Crippen LogP contribution in [0.1, 0.15) is 24.1 Å². The van der Waals surface area contributed by atoms with E-state index in [-0.39, 0.29) is 6.04 Å². The molecule has 0 amide bonds. The summed E-state index contributed by atoms with van der Waals surface area (Å²) in [6, 6.07) is 5.68. The van der Waals surface area contributed by atoms with E-state index in [1.165, 1.54) is 3.57 Å². The van der Waals surface area contributed by atoms with Gasteiger partial charge in [0.1, 0.15) is 0 Å². The summed E-state index contributed by atoms with van der Waals surface area (Å²) in [5.74, 6) is 0. The molecule has 0 aromatic heterocycles. The van der Waals surface area contributed by atoms with Crippen molar-refractivity contribution in [2.45, 2.75) is 26.0 Å². The van der Waals surface area contributed by atoms with Crippen LogP contribution < -0.4 is 5.73 Å². The quantitative estimate of drug-likeness (QED) is 0.818. The number of aliphatic hydroxyl groups excluding tert-OH is 1. The van der Waals surface area contributed by atoms with Gasteiger partial charge in [0.15, 0.2) is 0 Å². The maximum Gasteiger partial charge on any atom is 0.0704 e. The molecule has 0 saturated carbocycles. The van der Waals surface area contributed by atoms with Crippen LogP contribution in [0, 0.1) is 10.5 Å². The standard InChI is InChI=1S/C10H14INO/c1-6-8(10(12)7(2)13)4-3-5-9(6)11/h3-5,7,10,13H,12H2,1-2H3. The lowest BCUT2D eigenvalue weighted by molar-refractivity contribution is 0.164. The highest BCUT2D eigenvalue weighted by Gasteiger charge is 2.14. The van der Waals surface area contributed by atoms with Crippen molar-refractivity contribution in [2.75, 3.05) is 0 Å². The van der Waals surface area contributed by atoms with E-state index in [1.807, 2.05) is 25.1 Å². The number of benzene rings is 1. The van der Waals surface area contributed by atoms with E-state index in [4.69, 9.17) is 5.73 Å². The van der Waals surface area contributed by atoms with Gasteiger partial charge < -0.3 is 10.8 Å². The maximum absolute atomic E-state index is 9.36. The molecule has 2 atom stereocenters. The molecule has 2 unspecified atom stereocenters. The third kappa shape index (κ3) is 2.42. The molecular weight excluding hydrogens is 277 g/mol. The number of aliphatic hydroxyl groups is 1. The average molecular weight is 291 g/mol. The van der Waals surface area contributed by atoms with Crippen molar-refractivity contribution in [1.82, 2.24) is 0 Å². The van der Waals surface area contributed by atoms with Gasteiger partial charge in [0, 0.05) is 3.57 Å². The highest BCUT2D eigenvalue weighted by molar-refractivity contribution is 14.1. The first kappa shape index (κ1) is 10.9. The third-order valence-corrected chi connectivity index (χ3v) is 3.36. The molecule has 0 spiro atoms. The Hall–Kier alpha value is -0.130. The molecule has 0 heterocycles. The van der Waals surface area contributed by atoms with Gasteiger partial charge >= 0.3 is 0 Å². The van der Waals surface area contributed by atoms with E-state index in [0.29, 0.717) is 0 Å². The molecule has 0 fully saturated rings. The molecule has 0 aliphatic rings. The van der Waals surface area contributed by atoms with Crippen LogP contribution in [0.15, 0.2) is 18.2 Å². The second-order valence-corrected chi connectivity index (χ2v) is 4.38. The molecule has 0 bridgehead atoms. The normalized spacial score (nSPS) is 15.5. The summed E-state index contributed by atoms with van der Waals surface area (Å²) in [4.78, 5) is 0. The van der Waals surface area contributed by atoms with Crippen LogP contribution in [0.3, 0.4) is 0 Å². The lowest BCUT2D eigenvalue weighted by Crippen LogP contribution is -2.24. The van der Waals surface area contributed by atoms with Crippen molar-refractivity contribution in [3.63, 3.8) is 0 Å². The van der Waals surface area contributed by atoms with E-state index in [1.54, 1.807) is 6.92 Å². The van der Waals surface area contributed by atoms with Gasteiger partial charge in [0.05, 0.1) is 12.1 Å². The molecule has 1 rings (SSSR count). The molecule has 0 saturated heterocycles. The fraction of sp³-hybridized carbons (Fsp3) is 0.400. The van der Waals surface area contributed by atoms with Crippen molar-refractivity contribution in [1.29, 1.82) is 0 Å². The molecule has 0 radical (unpaired) electrons. The summed E-state index contributed by atoms with van der Waals surface area (Å²) in [5.41, 5.74) is 8.05. The monoisotopic (exact) mass is 291 g/mol. The van der Waals surface area contributed by atoms with E-state index in [9.17, 15) is 5.11 Å². The van der Waals surface area contributed by atoms with E-state index in [0.717, 1.165) is 11.1 Å². The summed E-state index contributed by atoms with van der Waals surface area (Å²) < 4.78 is 1.19. The Balaban J connectivity index is 3.07. The van der Waals surface area contributed by atoms with Gasteiger partial charge in [-0.2, -0.15) is 0 Å². The first-order chi connectivity index (χ1) is 6.04. The van der Waals surface area contributed by atoms with Gasteiger partial charge in [0.25, 0.3) is 0 Å². The second-order valence-electron chi connectivity index (χ2n) is 3.22. The predicted octanol–water partition coefficient (Wildman–Crippen LogP) is 1.98. The van der Waals surface area contributed by atoms with Crippen molar-refractivity contribution in [3.8, 4) is 0 Å². The van der Waals surface area contributed by atoms with Gasteiger partial charge in [0.2, 0.25) is 0 Å². The predicted molar refractivity (Wildman–Crippen MR) is 62.5 cm³/mol. The van der Waals surface area contributed by atoms with E-state index < -0.39 is 6.10 Å². The Labute approximate surface area is 92.3 Å². The van der Waals surface area contributed by atoms with Crippen molar-refractivity contribution in [2.24, 2.45) is 5.73 Å². The zero-order valence-corrected chi connectivity index (χ0v) is 9.95. The SMILES string of the molecule is Cc1c(I)cccc1C(N)C(C)O. The zero-order chi connectivity index (χ0) is 10.0.